The van der Waals surface area contributed by atoms with Crippen molar-refractivity contribution in [1.82, 2.24) is 20.5 Å². The lowest BCUT2D eigenvalue weighted by molar-refractivity contribution is -0.118. The zero-order valence-electron chi connectivity index (χ0n) is 14.9. The lowest BCUT2D eigenvalue weighted by atomic mass is 10.2. The molecule has 6 nitrogen and oxygen atoms in total. The number of carbonyl (C=O) groups excluding carboxylic acids is 1. The van der Waals surface area contributed by atoms with E-state index in [4.69, 9.17) is 4.74 Å². The summed E-state index contributed by atoms with van der Waals surface area (Å²) >= 11 is 1.29. The van der Waals surface area contributed by atoms with Crippen molar-refractivity contribution in [3.05, 3.63) is 71.5 Å². The van der Waals surface area contributed by atoms with Gasteiger partial charge < -0.3 is 10.1 Å². The molecule has 0 fully saturated rings. The molecule has 0 saturated carbocycles. The van der Waals surface area contributed by atoms with Crippen LogP contribution in [0.25, 0.3) is 12.2 Å². The van der Waals surface area contributed by atoms with Crippen molar-refractivity contribution in [3.63, 3.8) is 0 Å². The molecule has 2 aromatic carbocycles. The lowest BCUT2D eigenvalue weighted by Crippen LogP contribution is -2.24. The molecule has 0 aliphatic carbocycles. The van der Waals surface area contributed by atoms with Crippen LogP contribution in [0.4, 0.5) is 0 Å². The Morgan fingerprint density at radius 2 is 1.93 bits per heavy atom. The molecule has 0 bridgehead atoms. The van der Waals surface area contributed by atoms with E-state index in [1.54, 1.807) is 7.11 Å². The molecule has 0 aliphatic rings. The predicted octanol–water partition coefficient (Wildman–Crippen LogP) is 3.39. The van der Waals surface area contributed by atoms with Gasteiger partial charge in [0.1, 0.15) is 11.6 Å². The fourth-order valence-electron chi connectivity index (χ4n) is 2.36. The van der Waals surface area contributed by atoms with Gasteiger partial charge in [-0.05, 0) is 17.7 Å². The second-order valence-electron chi connectivity index (χ2n) is 5.62. The van der Waals surface area contributed by atoms with Crippen molar-refractivity contribution in [2.24, 2.45) is 0 Å². The number of H-pyrrole nitrogens is 1. The fraction of sp³-hybridized carbons (Fsp3) is 0.150. The molecule has 27 heavy (non-hydrogen) atoms. The minimum Gasteiger partial charge on any atom is -0.496 e. The second-order valence-corrected chi connectivity index (χ2v) is 6.57. The average molecular weight is 380 g/mol. The van der Waals surface area contributed by atoms with E-state index >= 15 is 0 Å². The first-order chi connectivity index (χ1) is 13.2. The molecule has 1 heterocycles. The number of methoxy groups -OCH3 is 1. The Bertz CT molecular complexity index is 909. The average Bonchev–Trinajstić information content (AvgIpc) is 3.18. The summed E-state index contributed by atoms with van der Waals surface area (Å²) in [6.45, 7) is 0.419. The molecule has 3 rings (SSSR count). The number of nitrogens with zero attached hydrogens (tertiary/aromatic N) is 2. The zero-order chi connectivity index (χ0) is 18.9. The number of hydrogen-bond acceptors (Lipinski definition) is 5. The summed E-state index contributed by atoms with van der Waals surface area (Å²) in [7, 11) is 1.61. The number of amides is 1. The minimum atomic E-state index is -0.0860. The van der Waals surface area contributed by atoms with Crippen LogP contribution < -0.4 is 10.1 Å². The topological polar surface area (TPSA) is 79.9 Å². The third-order valence-corrected chi connectivity index (χ3v) is 4.56. The van der Waals surface area contributed by atoms with Crippen LogP contribution >= 0.6 is 11.8 Å². The van der Waals surface area contributed by atoms with Crippen LogP contribution in [-0.2, 0) is 11.3 Å². The maximum Gasteiger partial charge on any atom is 0.230 e. The van der Waals surface area contributed by atoms with E-state index in [2.05, 4.69) is 20.5 Å². The number of benzene rings is 2. The number of nitrogens with one attached hydrogen (secondary N) is 2. The summed E-state index contributed by atoms with van der Waals surface area (Å²) < 4.78 is 5.28. The van der Waals surface area contributed by atoms with E-state index in [9.17, 15) is 4.79 Å². The predicted molar refractivity (Wildman–Crippen MR) is 107 cm³/mol. The van der Waals surface area contributed by atoms with Gasteiger partial charge in [0.25, 0.3) is 0 Å². The van der Waals surface area contributed by atoms with Gasteiger partial charge in [0, 0.05) is 12.1 Å². The Labute approximate surface area is 162 Å². The van der Waals surface area contributed by atoms with Gasteiger partial charge in [-0.2, -0.15) is 0 Å². The van der Waals surface area contributed by atoms with Gasteiger partial charge in [-0.1, -0.05) is 66.4 Å². The number of thioether (sulfide) groups is 1. The van der Waals surface area contributed by atoms with E-state index in [0.29, 0.717) is 17.5 Å². The first kappa shape index (κ1) is 18.7. The summed E-state index contributed by atoms with van der Waals surface area (Å²) in [5, 5.41) is 10.4. The summed E-state index contributed by atoms with van der Waals surface area (Å²) in [5.41, 5.74) is 2.02. The highest BCUT2D eigenvalue weighted by Gasteiger charge is 2.08. The molecule has 0 unspecified atom stereocenters. The van der Waals surface area contributed by atoms with Crippen LogP contribution in [0.5, 0.6) is 5.75 Å². The summed E-state index contributed by atoms with van der Waals surface area (Å²) in [5.74, 6) is 1.57. The highest BCUT2D eigenvalue weighted by atomic mass is 32.2. The molecule has 0 radical (unpaired) electrons. The van der Waals surface area contributed by atoms with Crippen molar-refractivity contribution in [1.29, 1.82) is 0 Å². The van der Waals surface area contributed by atoms with Gasteiger partial charge in [0.15, 0.2) is 0 Å². The number of para-hydroxylation sites is 1. The maximum absolute atomic E-state index is 12.1. The summed E-state index contributed by atoms with van der Waals surface area (Å²) in [6, 6.07) is 17.5. The third-order valence-electron chi connectivity index (χ3n) is 3.72. The Kier molecular flexibility index (Phi) is 6.65. The molecular formula is C20H20N4O2S. The molecular weight excluding hydrogens is 360 g/mol. The highest BCUT2D eigenvalue weighted by molar-refractivity contribution is 7.99. The van der Waals surface area contributed by atoms with E-state index in [1.807, 2.05) is 66.7 Å². The molecule has 138 valence electrons. The molecule has 0 spiro atoms. The number of hydrogen-bond donors (Lipinski definition) is 2. The SMILES string of the molecule is COc1ccccc1CNC(=O)CSc1n[nH]c(/C=C/c2ccccc2)n1. The van der Waals surface area contributed by atoms with Crippen molar-refractivity contribution in [2.45, 2.75) is 11.7 Å². The summed E-state index contributed by atoms with van der Waals surface area (Å²) in [6.07, 6.45) is 3.81. The molecule has 0 atom stereocenters. The fourth-order valence-corrected chi connectivity index (χ4v) is 3.00. The molecule has 0 aliphatic heterocycles. The van der Waals surface area contributed by atoms with Gasteiger partial charge in [0.05, 0.1) is 12.9 Å². The van der Waals surface area contributed by atoms with Crippen LogP contribution in [0, 0.1) is 0 Å². The molecule has 2 N–H and O–H groups in total. The first-order valence-corrected chi connectivity index (χ1v) is 9.40. The third kappa shape index (κ3) is 5.72. The maximum atomic E-state index is 12.1. The van der Waals surface area contributed by atoms with Crippen molar-refractivity contribution in [2.75, 3.05) is 12.9 Å². The van der Waals surface area contributed by atoms with Gasteiger partial charge in [-0.3, -0.25) is 9.89 Å². The van der Waals surface area contributed by atoms with E-state index in [1.165, 1.54) is 11.8 Å². The van der Waals surface area contributed by atoms with Gasteiger partial charge in [-0.15, -0.1) is 5.10 Å². The zero-order valence-corrected chi connectivity index (χ0v) is 15.7. The van der Waals surface area contributed by atoms with Crippen LogP contribution in [0.2, 0.25) is 0 Å². The first-order valence-electron chi connectivity index (χ1n) is 8.41. The van der Waals surface area contributed by atoms with Crippen molar-refractivity contribution < 1.29 is 9.53 Å². The lowest BCUT2D eigenvalue weighted by Gasteiger charge is -2.08. The van der Waals surface area contributed by atoms with Crippen molar-refractivity contribution >= 4 is 29.8 Å². The Balaban J connectivity index is 1.47. The molecule has 3 aromatic rings. The Hall–Kier alpha value is -3.06. The molecule has 1 amide bonds. The van der Waals surface area contributed by atoms with E-state index < -0.39 is 0 Å². The molecule has 1 aromatic heterocycles. The smallest absolute Gasteiger partial charge is 0.230 e. The standard InChI is InChI=1S/C20H20N4O2S/c1-26-17-10-6-5-9-16(17)13-21-19(25)14-27-20-22-18(23-24-20)12-11-15-7-3-2-4-8-15/h2-12H,13-14H2,1H3,(H,21,25)(H,22,23,24)/b12-11+. The van der Waals surface area contributed by atoms with Crippen molar-refractivity contribution in [3.8, 4) is 5.75 Å². The van der Waals surface area contributed by atoms with Gasteiger partial charge in [-0.25, -0.2) is 4.98 Å². The Morgan fingerprint density at radius 1 is 1.15 bits per heavy atom. The van der Waals surface area contributed by atoms with Crippen LogP contribution in [-0.4, -0.2) is 34.0 Å². The highest BCUT2D eigenvalue weighted by Crippen LogP contribution is 2.17. The van der Waals surface area contributed by atoms with Crippen LogP contribution in [0.15, 0.2) is 59.8 Å². The van der Waals surface area contributed by atoms with Crippen LogP contribution in [0.1, 0.15) is 17.0 Å². The minimum absolute atomic E-state index is 0.0860. The van der Waals surface area contributed by atoms with Gasteiger partial charge in [0.2, 0.25) is 11.1 Å². The largest absolute Gasteiger partial charge is 0.496 e. The van der Waals surface area contributed by atoms with Gasteiger partial charge >= 0.3 is 0 Å². The number of ether oxygens (including phenoxy) is 1. The number of aromatic amines is 1. The summed E-state index contributed by atoms with van der Waals surface area (Å²) in [4.78, 5) is 16.4. The quantitative estimate of drug-likeness (QED) is 0.586. The normalized spacial score (nSPS) is 10.9. The molecule has 0 saturated heterocycles. The monoisotopic (exact) mass is 380 g/mol. The molecule has 7 heteroatoms. The van der Waals surface area contributed by atoms with E-state index in [0.717, 1.165) is 16.9 Å². The van der Waals surface area contributed by atoms with E-state index in [-0.39, 0.29) is 11.7 Å². The number of carbonyl (C=O) groups is 1. The second kappa shape index (κ2) is 9.59. The number of rotatable bonds is 8. The Morgan fingerprint density at radius 3 is 2.74 bits per heavy atom. The van der Waals surface area contributed by atoms with Crippen LogP contribution in [0.3, 0.4) is 0 Å². The number of aromatic nitrogens is 3.